The number of benzene rings is 1. The smallest absolute Gasteiger partial charge is 0.262 e. The number of hydrogen-bond donors (Lipinski definition) is 2. The summed E-state index contributed by atoms with van der Waals surface area (Å²) in [6.07, 6.45) is 5.91. The summed E-state index contributed by atoms with van der Waals surface area (Å²) in [7, 11) is 1.76. The van der Waals surface area contributed by atoms with Crippen molar-refractivity contribution < 1.29 is 47.7 Å². The molecule has 3 fully saturated rings. The van der Waals surface area contributed by atoms with Gasteiger partial charge in [0.15, 0.2) is 0 Å². The molecule has 4 amide bonds. The number of hydroxylamine groups is 2. The van der Waals surface area contributed by atoms with Gasteiger partial charge < -0.3 is 43.4 Å². The van der Waals surface area contributed by atoms with Gasteiger partial charge in [0.25, 0.3) is 11.8 Å². The fourth-order valence-electron chi connectivity index (χ4n) is 8.57. The Morgan fingerprint density at radius 1 is 0.742 bits per heavy atom. The fourth-order valence-corrected chi connectivity index (χ4v) is 8.57. The van der Waals surface area contributed by atoms with E-state index in [2.05, 4.69) is 48.8 Å². The summed E-state index contributed by atoms with van der Waals surface area (Å²) in [4.78, 5) is 80.1. The molecule has 8 rings (SSSR count). The maximum atomic E-state index is 13.2. The van der Waals surface area contributed by atoms with Crippen LogP contribution in [0.3, 0.4) is 0 Å². The summed E-state index contributed by atoms with van der Waals surface area (Å²) in [5, 5.41) is 7.46. The molecular formula is C45H59N11O10. The number of methoxy groups -OCH3 is 1. The number of ether oxygens (including phenoxy) is 5. The summed E-state index contributed by atoms with van der Waals surface area (Å²) in [5.74, 6) is 0.785. The number of nitrogens with zero attached hydrogens (tertiary/aromatic N) is 9. The van der Waals surface area contributed by atoms with Gasteiger partial charge in [0.2, 0.25) is 17.8 Å². The van der Waals surface area contributed by atoms with E-state index in [1.807, 2.05) is 23.3 Å². The van der Waals surface area contributed by atoms with E-state index in [9.17, 15) is 19.2 Å². The second kappa shape index (κ2) is 22.2. The van der Waals surface area contributed by atoms with Crippen molar-refractivity contribution in [3.63, 3.8) is 0 Å². The van der Waals surface area contributed by atoms with Crippen LogP contribution in [0.25, 0.3) is 11.0 Å². The Balaban J connectivity index is 0.661. The molecule has 0 aliphatic carbocycles. The van der Waals surface area contributed by atoms with Gasteiger partial charge in [0, 0.05) is 76.8 Å². The van der Waals surface area contributed by atoms with Gasteiger partial charge in [-0.1, -0.05) is 0 Å². The molecule has 4 aliphatic rings. The lowest BCUT2D eigenvalue weighted by atomic mass is 10.0. The predicted octanol–water partition coefficient (Wildman–Crippen LogP) is 2.88. The normalized spacial score (nSPS) is 18.5. The first-order valence-electron chi connectivity index (χ1n) is 22.7. The number of rotatable bonds is 22. The van der Waals surface area contributed by atoms with Crippen molar-refractivity contribution in [2.24, 2.45) is 0 Å². The highest BCUT2D eigenvalue weighted by molar-refractivity contribution is 6.23. The van der Waals surface area contributed by atoms with Gasteiger partial charge in [-0.3, -0.25) is 34.2 Å². The molecule has 1 aromatic carbocycles. The molecule has 4 aromatic rings. The Morgan fingerprint density at radius 2 is 1.44 bits per heavy atom. The highest BCUT2D eigenvalue weighted by Crippen LogP contribution is 2.31. The van der Waals surface area contributed by atoms with E-state index in [1.165, 1.54) is 0 Å². The molecule has 21 nitrogen and oxygen atoms in total. The number of amides is 4. The van der Waals surface area contributed by atoms with E-state index in [0.717, 1.165) is 53.4 Å². The standard InChI is InChI=1S/C45H59N11O10/c1-30(2)55-37-27-39(49-38-8-11-46-45(50-38)53-12-9-32(61-3)10-13-53)47-28-35(37)48-40(55)29-65-23-22-63-19-18-62-20-21-64-24-25-66-54-16-14-52(15-17-54)31-4-5-33-34(26-31)44(60)56(43(33)59)36-6-7-41(57)51-42(36)58/h4-5,8,11,26-28,30,32,36H,6-7,9-10,12-25,29H2,1-3H3,(H,51,57,58)(H,46,47,49,50). The lowest BCUT2D eigenvalue weighted by molar-refractivity contribution is -0.172. The van der Waals surface area contributed by atoms with Crippen LogP contribution in [-0.2, 0) is 44.7 Å². The quantitative estimate of drug-likeness (QED) is 0.0856. The van der Waals surface area contributed by atoms with Gasteiger partial charge in [-0.25, -0.2) is 15.0 Å². The van der Waals surface area contributed by atoms with Crippen molar-refractivity contribution in [1.29, 1.82) is 0 Å². The maximum absolute atomic E-state index is 13.2. The third kappa shape index (κ3) is 11.3. The van der Waals surface area contributed by atoms with Crippen LogP contribution in [-0.4, -0.2) is 169 Å². The minimum absolute atomic E-state index is 0.0785. The van der Waals surface area contributed by atoms with Crippen LogP contribution in [0.1, 0.15) is 72.1 Å². The second-order valence-electron chi connectivity index (χ2n) is 16.7. The SMILES string of the molecule is COC1CCN(c2nccc(Nc3cc4c(cn3)nc(COCCOCCOCCOCCON3CCN(c5ccc6c(c5)C(=O)N(C5CCC(=O)NC5=O)C6=O)CC3)n4C(C)C)n2)CC1. The maximum Gasteiger partial charge on any atom is 0.262 e. The van der Waals surface area contributed by atoms with Gasteiger partial charge in [-0.05, 0) is 57.4 Å². The van der Waals surface area contributed by atoms with E-state index >= 15 is 0 Å². The lowest BCUT2D eigenvalue weighted by Gasteiger charge is -2.35. The van der Waals surface area contributed by atoms with Crippen LogP contribution in [0.2, 0.25) is 0 Å². The highest BCUT2D eigenvalue weighted by atomic mass is 16.7. The van der Waals surface area contributed by atoms with Crippen molar-refractivity contribution in [1.82, 2.24) is 39.8 Å². The molecule has 3 saturated heterocycles. The number of pyridine rings is 1. The second-order valence-corrected chi connectivity index (χ2v) is 16.7. The molecule has 0 spiro atoms. The number of aromatic nitrogens is 5. The number of fused-ring (bicyclic) bond motifs is 2. The van der Waals surface area contributed by atoms with Gasteiger partial charge in [0.1, 0.15) is 35.6 Å². The summed E-state index contributed by atoms with van der Waals surface area (Å²) in [5.41, 5.74) is 3.09. The highest BCUT2D eigenvalue weighted by Gasteiger charge is 2.45. The van der Waals surface area contributed by atoms with Gasteiger partial charge in [-0.15, -0.1) is 0 Å². The van der Waals surface area contributed by atoms with Crippen LogP contribution in [0.15, 0.2) is 42.7 Å². The average Bonchev–Trinajstić information content (AvgIpc) is 3.81. The van der Waals surface area contributed by atoms with Crippen LogP contribution >= 0.6 is 0 Å². The van der Waals surface area contributed by atoms with Crippen LogP contribution in [0, 0.1) is 0 Å². The van der Waals surface area contributed by atoms with Gasteiger partial charge in [0.05, 0.1) is 81.8 Å². The molecule has 3 aromatic heterocycles. The van der Waals surface area contributed by atoms with Crippen molar-refractivity contribution in [2.45, 2.75) is 64.3 Å². The molecule has 7 heterocycles. The molecule has 0 radical (unpaired) electrons. The molecule has 0 saturated carbocycles. The van der Waals surface area contributed by atoms with Gasteiger partial charge >= 0.3 is 0 Å². The topological polar surface area (TPSA) is 217 Å². The summed E-state index contributed by atoms with van der Waals surface area (Å²) < 4.78 is 30.7. The van der Waals surface area contributed by atoms with E-state index in [-0.39, 0.29) is 36.1 Å². The number of piperazine rings is 1. The molecule has 0 bridgehead atoms. The number of hydrogen-bond acceptors (Lipinski definition) is 18. The number of piperidine rings is 2. The summed E-state index contributed by atoms with van der Waals surface area (Å²) in [6.45, 7) is 12.3. The molecule has 4 aliphatic heterocycles. The first kappa shape index (κ1) is 46.8. The number of carbonyl (C=O) groups is 4. The first-order valence-corrected chi connectivity index (χ1v) is 22.7. The van der Waals surface area contributed by atoms with Crippen LogP contribution in [0.4, 0.5) is 23.3 Å². The molecule has 1 atom stereocenters. The number of nitrogens with one attached hydrogen (secondary N) is 2. The monoisotopic (exact) mass is 913 g/mol. The average molecular weight is 914 g/mol. The summed E-state index contributed by atoms with van der Waals surface area (Å²) in [6, 6.07) is 8.15. The molecule has 66 heavy (non-hydrogen) atoms. The van der Waals surface area contributed by atoms with Crippen molar-refractivity contribution in [3.05, 3.63) is 59.7 Å². The minimum Gasteiger partial charge on any atom is -0.381 e. The fraction of sp³-hybridized carbons (Fsp3) is 0.556. The summed E-state index contributed by atoms with van der Waals surface area (Å²) >= 11 is 0. The number of imidazole rings is 1. The minimum atomic E-state index is -0.990. The largest absolute Gasteiger partial charge is 0.381 e. The third-order valence-corrected chi connectivity index (χ3v) is 12.0. The number of carbonyl (C=O) groups excluding carboxylic acids is 4. The van der Waals surface area contributed by atoms with Crippen LogP contribution in [0.5, 0.6) is 0 Å². The van der Waals surface area contributed by atoms with Crippen molar-refractivity contribution in [3.8, 4) is 0 Å². The molecule has 354 valence electrons. The van der Waals surface area contributed by atoms with E-state index in [0.29, 0.717) is 103 Å². The molecule has 2 N–H and O–H groups in total. The number of anilines is 4. The predicted molar refractivity (Wildman–Crippen MR) is 240 cm³/mol. The first-order chi connectivity index (χ1) is 32.2. The lowest BCUT2D eigenvalue weighted by Crippen LogP contribution is -2.54. The van der Waals surface area contributed by atoms with Crippen molar-refractivity contribution in [2.75, 3.05) is 114 Å². The Hall–Kier alpha value is -5.68. The molecular weight excluding hydrogens is 855 g/mol. The zero-order valence-corrected chi connectivity index (χ0v) is 37.8. The zero-order chi connectivity index (χ0) is 46.0. The molecule has 21 heteroatoms. The van der Waals surface area contributed by atoms with Crippen molar-refractivity contribution >= 4 is 57.9 Å². The Morgan fingerprint density at radius 3 is 2.14 bits per heavy atom. The van der Waals surface area contributed by atoms with E-state index < -0.39 is 29.7 Å². The Bertz CT molecular complexity index is 2330. The zero-order valence-electron chi connectivity index (χ0n) is 37.8. The van der Waals surface area contributed by atoms with Gasteiger partial charge in [-0.2, -0.15) is 10.0 Å². The van der Waals surface area contributed by atoms with Crippen LogP contribution < -0.4 is 20.4 Å². The Labute approximate surface area is 383 Å². The number of imide groups is 2. The van der Waals surface area contributed by atoms with E-state index in [4.69, 9.17) is 38.5 Å². The third-order valence-electron chi connectivity index (χ3n) is 12.0. The molecule has 1 unspecified atom stereocenters. The Kier molecular flexibility index (Phi) is 15.8. The van der Waals surface area contributed by atoms with E-state index in [1.54, 1.807) is 31.6 Å².